The van der Waals surface area contributed by atoms with Crippen LogP contribution in [0.5, 0.6) is 0 Å². The monoisotopic (exact) mass is 378 g/mol. The Labute approximate surface area is 162 Å². The maximum Gasteiger partial charge on any atom is 0.194 e. The van der Waals surface area contributed by atoms with E-state index in [-0.39, 0.29) is 0 Å². The molecule has 0 amide bonds. The van der Waals surface area contributed by atoms with Gasteiger partial charge >= 0.3 is 0 Å². The Hall–Kier alpha value is -1.25. The first-order valence-electron chi connectivity index (χ1n) is 10.9. The molecule has 0 unspecified atom stereocenters. The van der Waals surface area contributed by atoms with Crippen molar-refractivity contribution in [3.8, 4) is 0 Å². The highest BCUT2D eigenvalue weighted by Crippen LogP contribution is 2.42. The highest BCUT2D eigenvalue weighted by Gasteiger charge is 2.30. The zero-order valence-corrected chi connectivity index (χ0v) is 16.5. The molecule has 27 heavy (non-hydrogen) atoms. The molecule has 2 saturated carbocycles. The van der Waals surface area contributed by atoms with Crippen molar-refractivity contribution >= 4 is 0 Å². The number of halogens is 3. The highest BCUT2D eigenvalue weighted by atomic mass is 19.2. The maximum atomic E-state index is 13.3. The fraction of sp³-hybridized carbons (Fsp3) is 0.667. The molecule has 150 valence electrons. The number of rotatable bonds is 6. The maximum absolute atomic E-state index is 13.3. The van der Waals surface area contributed by atoms with E-state index >= 15 is 0 Å². The molecule has 1 aromatic rings. The number of benzene rings is 1. The molecule has 0 nitrogen and oxygen atoms in total. The van der Waals surface area contributed by atoms with Crippen LogP contribution in [0.15, 0.2) is 24.3 Å². The van der Waals surface area contributed by atoms with Crippen LogP contribution in [0.3, 0.4) is 0 Å². The Balaban J connectivity index is 1.40. The lowest BCUT2D eigenvalue weighted by atomic mass is 9.68. The van der Waals surface area contributed by atoms with Gasteiger partial charge in [0.1, 0.15) is 0 Å². The minimum atomic E-state index is -1.36. The quantitative estimate of drug-likeness (QED) is 0.353. The Morgan fingerprint density at radius 3 is 1.96 bits per heavy atom. The van der Waals surface area contributed by atoms with E-state index in [1.807, 2.05) is 0 Å². The van der Waals surface area contributed by atoms with E-state index < -0.39 is 17.5 Å². The van der Waals surface area contributed by atoms with Gasteiger partial charge in [-0.25, -0.2) is 13.2 Å². The molecule has 0 saturated heterocycles. The van der Waals surface area contributed by atoms with Gasteiger partial charge in [0.05, 0.1) is 0 Å². The van der Waals surface area contributed by atoms with Gasteiger partial charge in [-0.15, -0.1) is 0 Å². The van der Waals surface area contributed by atoms with Gasteiger partial charge in [-0.1, -0.05) is 31.9 Å². The molecule has 3 rings (SSSR count). The normalized spacial score (nSPS) is 29.3. The summed E-state index contributed by atoms with van der Waals surface area (Å²) in [7, 11) is 0. The summed E-state index contributed by atoms with van der Waals surface area (Å²) in [6.45, 7) is 2.20. The van der Waals surface area contributed by atoms with E-state index in [0.717, 1.165) is 42.7 Å². The van der Waals surface area contributed by atoms with Crippen molar-refractivity contribution in [3.63, 3.8) is 0 Å². The summed E-state index contributed by atoms with van der Waals surface area (Å²) in [4.78, 5) is 0. The van der Waals surface area contributed by atoms with Crippen molar-refractivity contribution in [2.45, 2.75) is 77.6 Å². The van der Waals surface area contributed by atoms with Crippen molar-refractivity contribution in [3.05, 3.63) is 47.3 Å². The smallest absolute Gasteiger partial charge is 0.194 e. The van der Waals surface area contributed by atoms with Crippen molar-refractivity contribution < 1.29 is 13.2 Å². The van der Waals surface area contributed by atoms with Gasteiger partial charge < -0.3 is 0 Å². The molecule has 2 aliphatic carbocycles. The fourth-order valence-corrected chi connectivity index (χ4v) is 5.21. The number of allylic oxidation sites excluding steroid dienone is 2. The Morgan fingerprint density at radius 1 is 0.852 bits per heavy atom. The van der Waals surface area contributed by atoms with E-state index in [2.05, 4.69) is 19.1 Å². The van der Waals surface area contributed by atoms with Gasteiger partial charge in [0.15, 0.2) is 17.5 Å². The van der Waals surface area contributed by atoms with Gasteiger partial charge in [0.2, 0.25) is 0 Å². The van der Waals surface area contributed by atoms with Crippen LogP contribution in [0, 0.1) is 41.1 Å². The van der Waals surface area contributed by atoms with Crippen LogP contribution in [0.2, 0.25) is 0 Å². The summed E-state index contributed by atoms with van der Waals surface area (Å²) in [5.41, 5.74) is 0.576. The van der Waals surface area contributed by atoms with Gasteiger partial charge in [0, 0.05) is 0 Å². The van der Waals surface area contributed by atoms with E-state index in [1.165, 1.54) is 51.4 Å². The molecule has 0 radical (unpaired) electrons. The molecule has 0 aliphatic heterocycles. The third kappa shape index (κ3) is 5.62. The average molecular weight is 379 g/mol. The lowest BCUT2D eigenvalue weighted by Crippen LogP contribution is -2.25. The molecule has 1 aromatic carbocycles. The summed E-state index contributed by atoms with van der Waals surface area (Å²) in [6.07, 6.45) is 18.0. The second-order valence-electron chi connectivity index (χ2n) is 8.70. The topological polar surface area (TPSA) is 0 Å². The first-order chi connectivity index (χ1) is 13.1. The highest BCUT2D eigenvalue weighted by molar-refractivity contribution is 5.19. The summed E-state index contributed by atoms with van der Waals surface area (Å²) in [5.74, 6) is -0.291. The molecular formula is C24H33F3. The number of hydrogen-bond donors (Lipinski definition) is 0. The van der Waals surface area contributed by atoms with E-state index in [9.17, 15) is 13.2 Å². The minimum Gasteiger partial charge on any atom is -0.204 e. The summed E-state index contributed by atoms with van der Waals surface area (Å²) < 4.78 is 39.7. The van der Waals surface area contributed by atoms with Crippen molar-refractivity contribution in [2.24, 2.45) is 23.7 Å². The first kappa shape index (κ1) is 20.5. The first-order valence-corrected chi connectivity index (χ1v) is 10.9. The Morgan fingerprint density at radius 2 is 1.41 bits per heavy atom. The molecule has 3 heteroatoms. The fourth-order valence-electron chi connectivity index (χ4n) is 5.21. The SMILES string of the molecule is CC/C=C/C1CCC(C2CCC(CCc3cc(F)c(F)c(F)c3)CC2)CC1. The van der Waals surface area contributed by atoms with Gasteiger partial charge in [0.25, 0.3) is 0 Å². The van der Waals surface area contributed by atoms with Crippen molar-refractivity contribution in [2.75, 3.05) is 0 Å². The van der Waals surface area contributed by atoms with Gasteiger partial charge in [-0.05, 0) is 99.2 Å². The lowest BCUT2D eigenvalue weighted by molar-refractivity contribution is 0.152. The molecular weight excluding hydrogens is 345 g/mol. The summed E-state index contributed by atoms with van der Waals surface area (Å²) >= 11 is 0. The average Bonchev–Trinajstić information content (AvgIpc) is 2.69. The summed E-state index contributed by atoms with van der Waals surface area (Å²) in [5, 5.41) is 0. The van der Waals surface area contributed by atoms with E-state index in [1.54, 1.807) is 0 Å². The molecule has 0 spiro atoms. The largest absolute Gasteiger partial charge is 0.204 e. The van der Waals surface area contributed by atoms with E-state index in [4.69, 9.17) is 0 Å². The van der Waals surface area contributed by atoms with E-state index in [0.29, 0.717) is 17.9 Å². The van der Waals surface area contributed by atoms with Crippen LogP contribution in [-0.2, 0) is 6.42 Å². The second-order valence-corrected chi connectivity index (χ2v) is 8.70. The molecule has 0 bridgehead atoms. The van der Waals surface area contributed by atoms with Crippen molar-refractivity contribution in [1.29, 1.82) is 0 Å². The number of aryl methyl sites for hydroxylation is 1. The predicted molar refractivity (Wildman–Crippen MR) is 105 cm³/mol. The van der Waals surface area contributed by atoms with Crippen LogP contribution in [0.25, 0.3) is 0 Å². The van der Waals surface area contributed by atoms with Gasteiger partial charge in [-0.3, -0.25) is 0 Å². The van der Waals surface area contributed by atoms with Gasteiger partial charge in [-0.2, -0.15) is 0 Å². The molecule has 0 heterocycles. The standard InChI is InChI=1S/C24H33F3/c1-2-3-4-17-7-11-20(12-8-17)21-13-9-18(10-14-21)5-6-19-15-22(25)24(27)23(26)16-19/h3-4,15-18,20-21H,2,5-14H2,1H3/b4-3+. The third-order valence-corrected chi connectivity index (χ3v) is 6.90. The molecule has 0 aromatic heterocycles. The second kappa shape index (κ2) is 9.80. The van der Waals surface area contributed by atoms with Crippen LogP contribution in [0.1, 0.15) is 76.7 Å². The summed E-state index contributed by atoms with van der Waals surface area (Å²) in [6, 6.07) is 2.30. The van der Waals surface area contributed by atoms with Crippen LogP contribution in [0.4, 0.5) is 13.2 Å². The Bertz CT molecular complexity index is 598. The lowest BCUT2D eigenvalue weighted by Gasteiger charge is -2.37. The minimum absolute atomic E-state index is 0.576. The predicted octanol–water partition coefficient (Wildman–Crippen LogP) is 7.62. The molecule has 2 aliphatic rings. The third-order valence-electron chi connectivity index (χ3n) is 6.90. The van der Waals surface area contributed by atoms with Crippen LogP contribution < -0.4 is 0 Å². The van der Waals surface area contributed by atoms with Crippen LogP contribution in [-0.4, -0.2) is 0 Å². The molecule has 2 fully saturated rings. The van der Waals surface area contributed by atoms with Crippen molar-refractivity contribution in [1.82, 2.24) is 0 Å². The Kier molecular flexibility index (Phi) is 7.43. The molecule has 0 N–H and O–H groups in total. The van der Waals surface area contributed by atoms with Crippen LogP contribution >= 0.6 is 0 Å². The number of hydrogen-bond acceptors (Lipinski definition) is 0. The zero-order chi connectivity index (χ0) is 19.2. The molecule has 0 atom stereocenters. The zero-order valence-electron chi connectivity index (χ0n) is 16.5.